The maximum Gasteiger partial charge on any atom is 0.234 e. The van der Waals surface area contributed by atoms with Crippen molar-refractivity contribution in [3.63, 3.8) is 0 Å². The van der Waals surface area contributed by atoms with Gasteiger partial charge in [0.05, 0.1) is 30.5 Å². The van der Waals surface area contributed by atoms with Gasteiger partial charge < -0.3 is 19.4 Å². The highest BCUT2D eigenvalue weighted by molar-refractivity contribution is 6.07. The van der Waals surface area contributed by atoms with Crippen LogP contribution in [0.2, 0.25) is 0 Å². The number of Topliss-reactive ketones (excluding diaryl/α,β-unsaturated/α-hetero) is 1. The zero-order valence-electron chi connectivity index (χ0n) is 19.8. The van der Waals surface area contributed by atoms with Crippen molar-refractivity contribution in [2.24, 2.45) is 5.41 Å². The number of H-pyrrole nitrogens is 2. The van der Waals surface area contributed by atoms with E-state index in [0.29, 0.717) is 30.2 Å². The Hall–Kier alpha value is -3.74. The highest BCUT2D eigenvalue weighted by Gasteiger charge is 2.34. The SMILES string of the molecule is CC1(C)COC(C(=O)c2ccc(C(c3ccccc3)c3ccc(C(=O)c4ccccc4)[nH]3)[nH]2)OC1. The number of carbonyl (C=O) groups is 2. The molecule has 2 N–H and O–H groups in total. The molecule has 6 heteroatoms. The second-order valence-electron chi connectivity index (χ2n) is 9.68. The van der Waals surface area contributed by atoms with Crippen LogP contribution >= 0.6 is 0 Å². The number of carbonyl (C=O) groups excluding carboxylic acids is 2. The van der Waals surface area contributed by atoms with Gasteiger partial charge in [-0.1, -0.05) is 74.5 Å². The summed E-state index contributed by atoms with van der Waals surface area (Å²) in [6, 6.07) is 26.5. The van der Waals surface area contributed by atoms with Crippen LogP contribution in [0.25, 0.3) is 0 Å². The fraction of sp³-hybridized carbons (Fsp3) is 0.241. The Morgan fingerprint density at radius 1 is 0.771 bits per heavy atom. The van der Waals surface area contributed by atoms with E-state index in [0.717, 1.165) is 17.0 Å². The molecule has 4 aromatic rings. The van der Waals surface area contributed by atoms with Crippen LogP contribution in [0.15, 0.2) is 84.9 Å². The van der Waals surface area contributed by atoms with Crippen LogP contribution in [0.4, 0.5) is 0 Å². The summed E-state index contributed by atoms with van der Waals surface area (Å²) in [5.41, 5.74) is 4.17. The third kappa shape index (κ3) is 4.90. The molecule has 0 spiro atoms. The molecular formula is C29H28N2O4. The lowest BCUT2D eigenvalue weighted by Crippen LogP contribution is -2.41. The highest BCUT2D eigenvalue weighted by atomic mass is 16.7. The smallest absolute Gasteiger partial charge is 0.234 e. The first-order chi connectivity index (χ1) is 16.9. The fourth-order valence-corrected chi connectivity index (χ4v) is 4.32. The maximum absolute atomic E-state index is 13.0. The minimum absolute atomic E-state index is 0.0689. The number of ketones is 2. The van der Waals surface area contributed by atoms with Gasteiger partial charge in [-0.2, -0.15) is 0 Å². The molecule has 0 radical (unpaired) electrons. The van der Waals surface area contributed by atoms with Gasteiger partial charge in [-0.3, -0.25) is 9.59 Å². The molecule has 1 aliphatic heterocycles. The average molecular weight is 469 g/mol. The molecule has 2 aromatic carbocycles. The number of hydrogen-bond acceptors (Lipinski definition) is 4. The predicted octanol–water partition coefficient (Wildman–Crippen LogP) is 5.34. The van der Waals surface area contributed by atoms with Gasteiger partial charge in [-0.25, -0.2) is 0 Å². The summed E-state index contributed by atoms with van der Waals surface area (Å²) >= 11 is 0. The summed E-state index contributed by atoms with van der Waals surface area (Å²) in [5.74, 6) is -0.521. The summed E-state index contributed by atoms with van der Waals surface area (Å²) in [6.07, 6.45) is -0.912. The van der Waals surface area contributed by atoms with Crippen LogP contribution in [0.3, 0.4) is 0 Å². The lowest BCUT2D eigenvalue weighted by molar-refractivity contribution is -0.196. The van der Waals surface area contributed by atoms with Crippen LogP contribution in [-0.4, -0.2) is 41.0 Å². The summed E-state index contributed by atoms with van der Waals surface area (Å²) in [5, 5.41) is 0. The molecule has 2 aromatic heterocycles. The first-order valence-electron chi connectivity index (χ1n) is 11.7. The second kappa shape index (κ2) is 9.49. The van der Waals surface area contributed by atoms with Crippen molar-refractivity contribution in [3.05, 3.63) is 119 Å². The number of nitrogens with one attached hydrogen (secondary N) is 2. The van der Waals surface area contributed by atoms with Crippen LogP contribution < -0.4 is 0 Å². The Kier molecular flexibility index (Phi) is 6.24. The normalized spacial score (nSPS) is 16.6. The molecule has 1 aliphatic rings. The van der Waals surface area contributed by atoms with Gasteiger partial charge in [-0.15, -0.1) is 0 Å². The third-order valence-electron chi connectivity index (χ3n) is 6.18. The standard InChI is InChI=1S/C29H28N2O4/c1-29(2)17-34-28(35-18-29)27(33)24-16-14-22(31-24)25(19-9-5-3-6-10-19)21-13-15-23(30-21)26(32)20-11-7-4-8-12-20/h3-16,25,28,30-31H,17-18H2,1-2H3. The van der Waals surface area contributed by atoms with Gasteiger partial charge in [0, 0.05) is 22.4 Å². The Morgan fingerprint density at radius 2 is 1.31 bits per heavy atom. The molecule has 0 amide bonds. The summed E-state index contributed by atoms with van der Waals surface area (Å²) in [7, 11) is 0. The third-order valence-corrected chi connectivity index (χ3v) is 6.18. The number of hydrogen-bond donors (Lipinski definition) is 2. The molecule has 0 saturated carbocycles. The Labute approximate surface area is 204 Å². The predicted molar refractivity (Wildman–Crippen MR) is 133 cm³/mol. The van der Waals surface area contributed by atoms with E-state index in [1.165, 1.54) is 0 Å². The van der Waals surface area contributed by atoms with Crippen molar-refractivity contribution in [2.45, 2.75) is 26.1 Å². The Balaban J connectivity index is 1.44. The topological polar surface area (TPSA) is 84.2 Å². The molecule has 35 heavy (non-hydrogen) atoms. The molecule has 0 aliphatic carbocycles. The summed E-state index contributed by atoms with van der Waals surface area (Å²) in [4.78, 5) is 32.6. The fourth-order valence-electron chi connectivity index (χ4n) is 4.32. The number of rotatable bonds is 7. The van der Waals surface area contributed by atoms with Gasteiger partial charge in [0.1, 0.15) is 0 Å². The van der Waals surface area contributed by atoms with E-state index in [2.05, 4.69) is 9.97 Å². The van der Waals surface area contributed by atoms with Crippen LogP contribution in [0.5, 0.6) is 0 Å². The van der Waals surface area contributed by atoms with E-state index in [-0.39, 0.29) is 22.9 Å². The monoisotopic (exact) mass is 468 g/mol. The van der Waals surface area contributed by atoms with Crippen molar-refractivity contribution in [2.75, 3.05) is 13.2 Å². The van der Waals surface area contributed by atoms with Crippen molar-refractivity contribution in [3.8, 4) is 0 Å². The number of aromatic nitrogens is 2. The molecular weight excluding hydrogens is 440 g/mol. The van der Waals surface area contributed by atoms with Crippen molar-refractivity contribution < 1.29 is 19.1 Å². The average Bonchev–Trinajstić information content (AvgIpc) is 3.56. The summed E-state index contributed by atoms with van der Waals surface area (Å²) in [6.45, 7) is 5.00. The van der Waals surface area contributed by atoms with Crippen molar-refractivity contribution in [1.82, 2.24) is 9.97 Å². The van der Waals surface area contributed by atoms with E-state index in [9.17, 15) is 9.59 Å². The molecule has 3 heterocycles. The summed E-state index contributed by atoms with van der Waals surface area (Å²) < 4.78 is 11.4. The van der Waals surface area contributed by atoms with Crippen LogP contribution in [0, 0.1) is 5.41 Å². The molecule has 0 bridgehead atoms. The minimum Gasteiger partial charge on any atom is -0.355 e. The van der Waals surface area contributed by atoms with E-state index < -0.39 is 6.29 Å². The number of aromatic amines is 2. The van der Waals surface area contributed by atoms with Crippen LogP contribution in [-0.2, 0) is 9.47 Å². The van der Waals surface area contributed by atoms with Gasteiger partial charge in [-0.05, 0) is 29.8 Å². The molecule has 6 nitrogen and oxygen atoms in total. The lowest BCUT2D eigenvalue weighted by atomic mass is 9.93. The van der Waals surface area contributed by atoms with Gasteiger partial charge in [0.15, 0.2) is 0 Å². The highest BCUT2D eigenvalue weighted by Crippen LogP contribution is 2.32. The number of benzene rings is 2. The molecule has 178 valence electrons. The molecule has 1 fully saturated rings. The van der Waals surface area contributed by atoms with Gasteiger partial charge >= 0.3 is 0 Å². The van der Waals surface area contributed by atoms with E-state index in [4.69, 9.17) is 9.47 Å². The van der Waals surface area contributed by atoms with Gasteiger partial charge in [0.2, 0.25) is 17.9 Å². The molecule has 1 atom stereocenters. The van der Waals surface area contributed by atoms with E-state index >= 15 is 0 Å². The first-order valence-corrected chi connectivity index (χ1v) is 11.7. The zero-order chi connectivity index (χ0) is 24.4. The largest absolute Gasteiger partial charge is 0.355 e. The quantitative estimate of drug-likeness (QED) is 0.359. The van der Waals surface area contributed by atoms with Gasteiger partial charge in [0.25, 0.3) is 0 Å². The lowest BCUT2D eigenvalue weighted by Gasteiger charge is -2.33. The van der Waals surface area contributed by atoms with Crippen molar-refractivity contribution in [1.29, 1.82) is 0 Å². The van der Waals surface area contributed by atoms with Crippen molar-refractivity contribution >= 4 is 11.6 Å². The van der Waals surface area contributed by atoms with E-state index in [1.54, 1.807) is 24.3 Å². The van der Waals surface area contributed by atoms with Crippen LogP contribution in [0.1, 0.15) is 63.3 Å². The maximum atomic E-state index is 13.0. The second-order valence-corrected chi connectivity index (χ2v) is 9.68. The minimum atomic E-state index is -0.912. The van der Waals surface area contributed by atoms with E-state index in [1.807, 2.05) is 74.5 Å². The molecule has 5 rings (SSSR count). The first kappa shape index (κ1) is 23.0. The Bertz CT molecular complexity index is 1310. The number of ether oxygens (including phenoxy) is 2. The zero-order valence-corrected chi connectivity index (χ0v) is 19.8. The molecule has 1 saturated heterocycles. The Morgan fingerprint density at radius 3 is 1.94 bits per heavy atom. The molecule has 1 unspecified atom stereocenters.